The smallest absolute Gasteiger partial charge is 0.354 e. The van der Waals surface area contributed by atoms with Gasteiger partial charge in [0.2, 0.25) is 0 Å². The molecular formula is C9H17NO3. The van der Waals surface area contributed by atoms with Gasteiger partial charge in [0.1, 0.15) is 5.70 Å². The lowest BCUT2D eigenvalue weighted by Gasteiger charge is -2.08. The molecule has 0 heterocycles. The summed E-state index contributed by atoms with van der Waals surface area (Å²) in [6, 6.07) is 0. The summed E-state index contributed by atoms with van der Waals surface area (Å²) in [5.74, 6) is -0.318. The van der Waals surface area contributed by atoms with E-state index in [9.17, 15) is 4.79 Å². The molecule has 0 aromatic carbocycles. The molecule has 0 aromatic heterocycles. The fourth-order valence-electron chi connectivity index (χ4n) is 0.789. The zero-order valence-electron chi connectivity index (χ0n) is 8.42. The van der Waals surface area contributed by atoms with Crippen molar-refractivity contribution >= 4 is 5.97 Å². The Balaban J connectivity index is 3.83. The standard InChI is InChI=1S/C9H17NO3/c1-4-8(9(11)13-5-2)10-6-7-12-3/h4,10H,5-7H2,1-3H3. The number of hydrogen-bond donors (Lipinski definition) is 1. The van der Waals surface area contributed by atoms with E-state index in [1.807, 2.05) is 0 Å². The first kappa shape index (κ1) is 12.0. The van der Waals surface area contributed by atoms with Gasteiger partial charge in [-0.25, -0.2) is 4.79 Å². The van der Waals surface area contributed by atoms with Crippen LogP contribution in [-0.2, 0) is 14.3 Å². The van der Waals surface area contributed by atoms with Gasteiger partial charge < -0.3 is 14.8 Å². The summed E-state index contributed by atoms with van der Waals surface area (Å²) in [4.78, 5) is 11.2. The zero-order valence-corrected chi connectivity index (χ0v) is 8.42. The Morgan fingerprint density at radius 1 is 1.54 bits per heavy atom. The number of carbonyl (C=O) groups excluding carboxylic acids is 1. The van der Waals surface area contributed by atoms with Gasteiger partial charge in [0, 0.05) is 13.7 Å². The van der Waals surface area contributed by atoms with Crippen molar-refractivity contribution in [3.63, 3.8) is 0 Å². The van der Waals surface area contributed by atoms with E-state index in [0.717, 1.165) is 0 Å². The summed E-state index contributed by atoms with van der Waals surface area (Å²) in [5, 5.41) is 2.92. The summed E-state index contributed by atoms with van der Waals surface area (Å²) in [5.41, 5.74) is 0.485. The highest BCUT2D eigenvalue weighted by Gasteiger charge is 2.07. The predicted octanol–water partition coefficient (Wildman–Crippen LogP) is 0.689. The van der Waals surface area contributed by atoms with Crippen LogP contribution in [0.15, 0.2) is 11.8 Å². The molecule has 0 aliphatic carbocycles. The van der Waals surface area contributed by atoms with E-state index in [1.54, 1.807) is 27.0 Å². The van der Waals surface area contributed by atoms with Crippen molar-refractivity contribution in [2.75, 3.05) is 26.9 Å². The van der Waals surface area contributed by atoms with E-state index < -0.39 is 0 Å². The van der Waals surface area contributed by atoms with Gasteiger partial charge in [0.15, 0.2) is 0 Å². The van der Waals surface area contributed by atoms with Crippen LogP contribution in [0, 0.1) is 0 Å². The third kappa shape index (κ3) is 5.25. The molecule has 0 aliphatic rings. The minimum absolute atomic E-state index is 0.318. The third-order valence-corrected chi connectivity index (χ3v) is 1.41. The van der Waals surface area contributed by atoms with Crippen molar-refractivity contribution < 1.29 is 14.3 Å². The van der Waals surface area contributed by atoms with Crippen LogP contribution in [0.5, 0.6) is 0 Å². The summed E-state index contributed by atoms with van der Waals surface area (Å²) < 4.78 is 9.65. The van der Waals surface area contributed by atoms with Gasteiger partial charge in [-0.2, -0.15) is 0 Å². The van der Waals surface area contributed by atoms with Crippen molar-refractivity contribution in [1.29, 1.82) is 0 Å². The van der Waals surface area contributed by atoms with Crippen molar-refractivity contribution in [2.45, 2.75) is 13.8 Å². The molecule has 4 heteroatoms. The lowest BCUT2D eigenvalue weighted by molar-refractivity contribution is -0.139. The lowest BCUT2D eigenvalue weighted by Crippen LogP contribution is -2.25. The molecule has 0 aromatic rings. The van der Waals surface area contributed by atoms with E-state index in [1.165, 1.54) is 0 Å². The van der Waals surface area contributed by atoms with Gasteiger partial charge in [-0.1, -0.05) is 6.08 Å². The highest BCUT2D eigenvalue weighted by atomic mass is 16.5. The average Bonchev–Trinajstić information content (AvgIpc) is 2.13. The molecule has 0 radical (unpaired) electrons. The summed E-state index contributed by atoms with van der Waals surface area (Å²) in [7, 11) is 1.61. The quantitative estimate of drug-likeness (QED) is 0.377. The highest BCUT2D eigenvalue weighted by molar-refractivity contribution is 5.87. The minimum atomic E-state index is -0.318. The van der Waals surface area contributed by atoms with Gasteiger partial charge in [0.25, 0.3) is 0 Å². The van der Waals surface area contributed by atoms with Crippen molar-refractivity contribution in [3.8, 4) is 0 Å². The molecule has 1 N–H and O–H groups in total. The van der Waals surface area contributed by atoms with Crippen LogP contribution in [0.3, 0.4) is 0 Å². The van der Waals surface area contributed by atoms with Crippen molar-refractivity contribution in [3.05, 3.63) is 11.8 Å². The molecule has 0 spiro atoms. The Morgan fingerprint density at radius 3 is 2.69 bits per heavy atom. The summed E-state index contributed by atoms with van der Waals surface area (Å²) in [6.07, 6.45) is 1.69. The molecule has 0 saturated carbocycles. The largest absolute Gasteiger partial charge is 0.461 e. The molecule has 4 nitrogen and oxygen atoms in total. The van der Waals surface area contributed by atoms with E-state index in [2.05, 4.69) is 5.32 Å². The SMILES string of the molecule is CC=C(NCCOC)C(=O)OCC. The summed E-state index contributed by atoms with van der Waals surface area (Å²) >= 11 is 0. The maximum absolute atomic E-state index is 11.2. The number of carbonyl (C=O) groups is 1. The summed E-state index contributed by atoms with van der Waals surface area (Å²) in [6.45, 7) is 5.13. The Labute approximate surface area is 78.9 Å². The first-order valence-corrected chi connectivity index (χ1v) is 4.32. The predicted molar refractivity (Wildman–Crippen MR) is 50.3 cm³/mol. The first-order chi connectivity index (χ1) is 6.26. The number of methoxy groups -OCH3 is 1. The second-order valence-electron chi connectivity index (χ2n) is 2.34. The number of allylic oxidation sites excluding steroid dienone is 1. The fourth-order valence-corrected chi connectivity index (χ4v) is 0.789. The zero-order chi connectivity index (χ0) is 10.1. The van der Waals surface area contributed by atoms with E-state index in [4.69, 9.17) is 9.47 Å². The topological polar surface area (TPSA) is 47.6 Å². The monoisotopic (exact) mass is 187 g/mol. The van der Waals surface area contributed by atoms with Crippen molar-refractivity contribution in [2.24, 2.45) is 0 Å². The number of nitrogens with one attached hydrogen (secondary N) is 1. The average molecular weight is 187 g/mol. The van der Waals surface area contributed by atoms with Gasteiger partial charge in [-0.15, -0.1) is 0 Å². The molecule has 0 saturated heterocycles. The number of esters is 1. The van der Waals surface area contributed by atoms with Crippen LogP contribution in [-0.4, -0.2) is 32.8 Å². The highest BCUT2D eigenvalue weighted by Crippen LogP contribution is 1.92. The molecule has 76 valence electrons. The number of hydrogen-bond acceptors (Lipinski definition) is 4. The second-order valence-corrected chi connectivity index (χ2v) is 2.34. The Hall–Kier alpha value is -1.03. The lowest BCUT2D eigenvalue weighted by atomic mass is 10.4. The second kappa shape index (κ2) is 7.61. The van der Waals surface area contributed by atoms with Crippen LogP contribution >= 0.6 is 0 Å². The normalized spacial score (nSPS) is 11.2. The van der Waals surface area contributed by atoms with E-state index in [-0.39, 0.29) is 5.97 Å². The van der Waals surface area contributed by atoms with Gasteiger partial charge in [0.05, 0.1) is 13.2 Å². The van der Waals surface area contributed by atoms with Crippen LogP contribution in [0.2, 0.25) is 0 Å². The van der Waals surface area contributed by atoms with Crippen LogP contribution in [0.25, 0.3) is 0 Å². The maximum Gasteiger partial charge on any atom is 0.354 e. The fraction of sp³-hybridized carbons (Fsp3) is 0.667. The molecule has 0 rings (SSSR count). The van der Waals surface area contributed by atoms with Gasteiger partial charge in [-0.3, -0.25) is 0 Å². The van der Waals surface area contributed by atoms with E-state index >= 15 is 0 Å². The maximum atomic E-state index is 11.2. The Kier molecular flexibility index (Phi) is 7.01. The van der Waals surface area contributed by atoms with Gasteiger partial charge >= 0.3 is 5.97 Å². The number of rotatable bonds is 6. The molecule has 0 bridgehead atoms. The van der Waals surface area contributed by atoms with Crippen LogP contribution in [0.4, 0.5) is 0 Å². The molecule has 0 atom stereocenters. The van der Waals surface area contributed by atoms with Crippen LogP contribution in [0.1, 0.15) is 13.8 Å². The molecule has 0 aliphatic heterocycles. The molecule has 13 heavy (non-hydrogen) atoms. The number of ether oxygens (including phenoxy) is 2. The minimum Gasteiger partial charge on any atom is -0.461 e. The molecule has 0 fully saturated rings. The molecule has 0 unspecified atom stereocenters. The first-order valence-electron chi connectivity index (χ1n) is 4.32. The van der Waals surface area contributed by atoms with Crippen molar-refractivity contribution in [1.82, 2.24) is 5.32 Å². The molecular weight excluding hydrogens is 170 g/mol. The Bertz CT molecular complexity index is 178. The third-order valence-electron chi connectivity index (χ3n) is 1.41. The Morgan fingerprint density at radius 2 is 2.23 bits per heavy atom. The van der Waals surface area contributed by atoms with Gasteiger partial charge in [-0.05, 0) is 13.8 Å². The van der Waals surface area contributed by atoms with E-state index in [0.29, 0.717) is 25.5 Å². The van der Waals surface area contributed by atoms with Crippen LogP contribution < -0.4 is 5.32 Å². The molecule has 0 amide bonds.